The van der Waals surface area contributed by atoms with Crippen LogP contribution in [0.2, 0.25) is 0 Å². The highest BCUT2D eigenvalue weighted by Crippen LogP contribution is 2.32. The summed E-state index contributed by atoms with van der Waals surface area (Å²) in [5.41, 5.74) is 2.85. The summed E-state index contributed by atoms with van der Waals surface area (Å²) in [5, 5.41) is 0. The Hall–Kier alpha value is -0.860. The van der Waals surface area contributed by atoms with Gasteiger partial charge in [0, 0.05) is 11.1 Å². The van der Waals surface area contributed by atoms with Crippen molar-refractivity contribution < 1.29 is 0 Å². The molecule has 3 heteroatoms. The standard InChI is InChI=1S/C6H4.C4H4ClNS/c1-2-5-4-6(5)3-1;5-3-4-1-2-6-7-4/h1-4H;1-2H,3H2. The zero-order valence-electron chi connectivity index (χ0n) is 6.90. The van der Waals surface area contributed by atoms with E-state index in [-0.39, 0.29) is 0 Å². The molecule has 1 aromatic heterocycles. The molecule has 2 aliphatic carbocycles. The summed E-state index contributed by atoms with van der Waals surface area (Å²) in [7, 11) is 0. The number of fused-ring (bicyclic) bond motifs is 1. The van der Waals surface area contributed by atoms with E-state index in [4.69, 9.17) is 11.6 Å². The summed E-state index contributed by atoms with van der Waals surface area (Å²) < 4.78 is 3.85. The summed E-state index contributed by atoms with van der Waals surface area (Å²) >= 11 is 6.88. The van der Waals surface area contributed by atoms with Gasteiger partial charge in [-0.2, -0.15) is 0 Å². The maximum atomic E-state index is 5.44. The fraction of sp³-hybridized carbons (Fsp3) is 0.100. The van der Waals surface area contributed by atoms with E-state index in [0.717, 1.165) is 4.88 Å². The summed E-state index contributed by atoms with van der Waals surface area (Å²) in [6.45, 7) is 0. The number of alkyl halides is 1. The van der Waals surface area contributed by atoms with Gasteiger partial charge in [-0.3, -0.25) is 0 Å². The molecule has 0 aliphatic heterocycles. The highest BCUT2D eigenvalue weighted by Gasteiger charge is 2.06. The van der Waals surface area contributed by atoms with Crippen molar-refractivity contribution in [1.82, 2.24) is 4.37 Å². The molecule has 0 aromatic carbocycles. The summed E-state index contributed by atoms with van der Waals surface area (Å²) in [6.07, 6.45) is 1.75. The Balaban J connectivity index is 0.000000101. The smallest absolute Gasteiger partial charge is 0.0584 e. The van der Waals surface area contributed by atoms with Crippen molar-refractivity contribution in [1.29, 1.82) is 0 Å². The molecule has 0 bridgehead atoms. The summed E-state index contributed by atoms with van der Waals surface area (Å²) in [6, 6.07) is 10.4. The van der Waals surface area contributed by atoms with Gasteiger partial charge in [0.05, 0.1) is 5.88 Å². The van der Waals surface area contributed by atoms with Crippen LogP contribution in [0.25, 0.3) is 11.1 Å². The van der Waals surface area contributed by atoms with Crippen molar-refractivity contribution in [2.24, 2.45) is 0 Å². The molecule has 2 aliphatic rings. The second-order valence-corrected chi connectivity index (χ2v) is 3.88. The van der Waals surface area contributed by atoms with Crippen molar-refractivity contribution in [3.63, 3.8) is 0 Å². The Bertz CT molecular complexity index is 366. The first kappa shape index (κ1) is 8.73. The predicted molar refractivity (Wildman–Crippen MR) is 57.1 cm³/mol. The van der Waals surface area contributed by atoms with E-state index in [0.29, 0.717) is 5.88 Å². The lowest BCUT2D eigenvalue weighted by Crippen LogP contribution is -1.58. The minimum atomic E-state index is 0.588. The lowest BCUT2D eigenvalue weighted by Gasteiger charge is -1.74. The molecule has 0 fully saturated rings. The quantitative estimate of drug-likeness (QED) is 0.559. The maximum absolute atomic E-state index is 5.44. The Morgan fingerprint density at radius 2 is 2.00 bits per heavy atom. The predicted octanol–water partition coefficient (Wildman–Crippen LogP) is 3.55. The molecule has 0 spiro atoms. The number of hydrogen-bond donors (Lipinski definition) is 0. The van der Waals surface area contributed by atoms with Gasteiger partial charge in [-0.1, -0.05) is 18.2 Å². The maximum Gasteiger partial charge on any atom is 0.0584 e. The van der Waals surface area contributed by atoms with Gasteiger partial charge in [0.2, 0.25) is 0 Å². The highest BCUT2D eigenvalue weighted by molar-refractivity contribution is 7.05. The third kappa shape index (κ3) is 2.29. The van der Waals surface area contributed by atoms with Crippen LogP contribution in [-0.4, -0.2) is 4.37 Å². The molecule has 66 valence electrons. The normalized spacial score (nSPS) is 10.2. The average Bonchev–Trinajstić information content (AvgIpc) is 2.65. The first-order chi connectivity index (χ1) is 6.40. The molecule has 0 radical (unpaired) electrons. The van der Waals surface area contributed by atoms with Gasteiger partial charge >= 0.3 is 0 Å². The monoisotopic (exact) mass is 209 g/mol. The van der Waals surface area contributed by atoms with Crippen LogP contribution in [0.5, 0.6) is 0 Å². The van der Waals surface area contributed by atoms with Gasteiger partial charge in [0.15, 0.2) is 0 Å². The van der Waals surface area contributed by atoms with Crippen LogP contribution in [0.4, 0.5) is 0 Å². The molecule has 0 N–H and O–H groups in total. The largest absolute Gasteiger partial charge is 0.201 e. The molecule has 1 nitrogen and oxygen atoms in total. The number of benzene rings is 1. The molecule has 1 heterocycles. The number of nitrogens with zero attached hydrogens (tertiary/aromatic N) is 1. The Morgan fingerprint density at radius 3 is 2.23 bits per heavy atom. The van der Waals surface area contributed by atoms with E-state index in [1.807, 2.05) is 6.07 Å². The van der Waals surface area contributed by atoms with Crippen molar-refractivity contribution in [2.45, 2.75) is 5.88 Å². The van der Waals surface area contributed by atoms with Crippen LogP contribution in [0.3, 0.4) is 0 Å². The average molecular weight is 210 g/mol. The number of rotatable bonds is 1. The van der Waals surface area contributed by atoms with E-state index < -0.39 is 0 Å². The Kier molecular flexibility index (Phi) is 2.62. The lowest BCUT2D eigenvalue weighted by atomic mass is 10.6. The van der Waals surface area contributed by atoms with Gasteiger partial charge in [-0.15, -0.1) is 11.6 Å². The van der Waals surface area contributed by atoms with Gasteiger partial charge in [0.1, 0.15) is 0 Å². The third-order valence-corrected chi connectivity index (χ3v) is 2.92. The second kappa shape index (κ2) is 3.90. The van der Waals surface area contributed by atoms with Gasteiger partial charge in [-0.05, 0) is 34.8 Å². The van der Waals surface area contributed by atoms with Gasteiger partial charge in [-0.25, -0.2) is 4.37 Å². The van der Waals surface area contributed by atoms with Crippen molar-refractivity contribution in [3.8, 4) is 11.1 Å². The number of hydrogen-bond acceptors (Lipinski definition) is 2. The molecule has 3 rings (SSSR count). The molecule has 0 unspecified atom stereocenters. The minimum Gasteiger partial charge on any atom is -0.201 e. The molecule has 0 amide bonds. The van der Waals surface area contributed by atoms with E-state index >= 15 is 0 Å². The molecule has 0 saturated carbocycles. The topological polar surface area (TPSA) is 12.9 Å². The molecule has 0 saturated heterocycles. The fourth-order valence-electron chi connectivity index (χ4n) is 0.987. The van der Waals surface area contributed by atoms with Crippen LogP contribution in [-0.2, 0) is 5.88 Å². The van der Waals surface area contributed by atoms with Crippen LogP contribution in [0, 0.1) is 0 Å². The summed E-state index contributed by atoms with van der Waals surface area (Å²) in [5.74, 6) is 0.588. The van der Waals surface area contributed by atoms with Crippen molar-refractivity contribution >= 4 is 23.1 Å². The fourth-order valence-corrected chi connectivity index (χ4v) is 1.65. The van der Waals surface area contributed by atoms with E-state index in [1.54, 1.807) is 6.20 Å². The number of aromatic nitrogens is 1. The zero-order valence-corrected chi connectivity index (χ0v) is 8.48. The molecule has 1 aromatic rings. The van der Waals surface area contributed by atoms with Crippen LogP contribution < -0.4 is 0 Å². The SMILES string of the molecule is ClCc1ccns1.c1cc2cc-2c1. The Morgan fingerprint density at radius 1 is 1.23 bits per heavy atom. The first-order valence-electron chi connectivity index (χ1n) is 3.96. The van der Waals surface area contributed by atoms with Crippen LogP contribution in [0.1, 0.15) is 4.88 Å². The minimum absolute atomic E-state index is 0.588. The van der Waals surface area contributed by atoms with E-state index in [9.17, 15) is 0 Å². The van der Waals surface area contributed by atoms with Crippen molar-refractivity contribution in [3.05, 3.63) is 41.4 Å². The van der Waals surface area contributed by atoms with Gasteiger partial charge in [0.25, 0.3) is 0 Å². The van der Waals surface area contributed by atoms with Crippen LogP contribution >= 0.6 is 23.1 Å². The summed E-state index contributed by atoms with van der Waals surface area (Å²) in [4.78, 5) is 1.13. The van der Waals surface area contributed by atoms with Crippen molar-refractivity contribution in [2.75, 3.05) is 0 Å². The molecular weight excluding hydrogens is 202 g/mol. The van der Waals surface area contributed by atoms with E-state index in [2.05, 4.69) is 28.6 Å². The molecule has 0 atom stereocenters. The highest BCUT2D eigenvalue weighted by atomic mass is 35.5. The van der Waals surface area contributed by atoms with Gasteiger partial charge < -0.3 is 0 Å². The second-order valence-electron chi connectivity index (χ2n) is 2.69. The molecule has 13 heavy (non-hydrogen) atoms. The lowest BCUT2D eigenvalue weighted by molar-refractivity contribution is 1.52. The first-order valence-corrected chi connectivity index (χ1v) is 5.27. The van der Waals surface area contributed by atoms with E-state index in [1.165, 1.54) is 22.7 Å². The molecular formula is C10H8ClNS. The third-order valence-electron chi connectivity index (χ3n) is 1.74. The Labute approximate surface area is 86.2 Å². The van der Waals surface area contributed by atoms with Crippen LogP contribution in [0.15, 0.2) is 36.5 Å². The zero-order chi connectivity index (χ0) is 9.10. The number of halogens is 1.